The van der Waals surface area contributed by atoms with E-state index in [4.69, 9.17) is 9.84 Å². The molecule has 0 spiro atoms. The summed E-state index contributed by atoms with van der Waals surface area (Å²) >= 11 is 0. The van der Waals surface area contributed by atoms with Crippen molar-refractivity contribution in [2.45, 2.75) is 38.8 Å². The Kier molecular flexibility index (Phi) is 5.92. The van der Waals surface area contributed by atoms with Crippen molar-refractivity contribution in [3.8, 4) is 0 Å². The first-order valence-corrected chi connectivity index (χ1v) is 7.83. The number of carbonyl (C=O) groups is 2. The fraction of sp³-hybridized carbons (Fsp3) is 0.562. The van der Waals surface area contributed by atoms with Crippen LogP contribution >= 0.6 is 0 Å². The fourth-order valence-corrected chi connectivity index (χ4v) is 2.64. The van der Waals surface area contributed by atoms with E-state index in [1.807, 2.05) is 6.92 Å². The van der Waals surface area contributed by atoms with E-state index in [9.17, 15) is 9.59 Å². The summed E-state index contributed by atoms with van der Waals surface area (Å²) in [6.07, 6.45) is 2.22. The van der Waals surface area contributed by atoms with Crippen LogP contribution in [-0.2, 0) is 17.7 Å². The molecule has 126 valence electrons. The van der Waals surface area contributed by atoms with Crippen LogP contribution in [0.2, 0.25) is 0 Å². The lowest BCUT2D eigenvalue weighted by Gasteiger charge is -2.31. The van der Waals surface area contributed by atoms with Gasteiger partial charge in [-0.25, -0.2) is 9.59 Å². The number of carbonyl (C=O) groups excluding carboxylic acids is 1. The molecule has 1 fully saturated rings. The van der Waals surface area contributed by atoms with E-state index in [1.165, 1.54) is 6.07 Å². The summed E-state index contributed by atoms with van der Waals surface area (Å²) < 4.78 is 5.30. The van der Waals surface area contributed by atoms with Gasteiger partial charge in [0.05, 0.1) is 23.5 Å². The molecule has 7 heteroatoms. The minimum atomic E-state index is -0.982. The summed E-state index contributed by atoms with van der Waals surface area (Å²) in [5.74, 6) is -0.982. The number of nitrogens with one attached hydrogen (secondary N) is 1. The zero-order chi connectivity index (χ0) is 16.8. The number of hydrogen-bond donors (Lipinski definition) is 2. The van der Waals surface area contributed by atoms with E-state index in [0.29, 0.717) is 31.0 Å². The number of amides is 2. The zero-order valence-electron chi connectivity index (χ0n) is 13.5. The van der Waals surface area contributed by atoms with E-state index in [1.54, 1.807) is 18.0 Å². The van der Waals surface area contributed by atoms with Gasteiger partial charge in [-0.05, 0) is 31.4 Å². The lowest BCUT2D eigenvalue weighted by Crippen LogP contribution is -2.45. The third-order valence-corrected chi connectivity index (χ3v) is 4.08. The number of aromatic nitrogens is 1. The molecule has 1 aromatic heterocycles. The molecule has 1 aliphatic rings. The molecule has 23 heavy (non-hydrogen) atoms. The summed E-state index contributed by atoms with van der Waals surface area (Å²) in [5, 5.41) is 11.9. The van der Waals surface area contributed by atoms with Crippen molar-refractivity contribution < 1.29 is 19.4 Å². The van der Waals surface area contributed by atoms with Crippen LogP contribution in [0.3, 0.4) is 0 Å². The highest BCUT2D eigenvalue weighted by Crippen LogP contribution is 2.13. The molecule has 2 heterocycles. The number of hydrogen-bond acceptors (Lipinski definition) is 4. The Bertz CT molecular complexity index is 570. The van der Waals surface area contributed by atoms with Crippen molar-refractivity contribution in [1.29, 1.82) is 0 Å². The predicted molar refractivity (Wildman–Crippen MR) is 84.4 cm³/mol. The molecule has 2 N–H and O–H groups in total. The van der Waals surface area contributed by atoms with Crippen LogP contribution in [0, 0.1) is 0 Å². The van der Waals surface area contributed by atoms with E-state index >= 15 is 0 Å². The summed E-state index contributed by atoms with van der Waals surface area (Å²) in [6, 6.07) is 3.21. The first kappa shape index (κ1) is 17.2. The zero-order valence-corrected chi connectivity index (χ0v) is 13.5. The number of ether oxygens (including phenoxy) is 1. The van der Waals surface area contributed by atoms with Crippen molar-refractivity contribution in [3.63, 3.8) is 0 Å². The average Bonchev–Trinajstić information content (AvgIpc) is 2.59. The molecule has 1 saturated heterocycles. The van der Waals surface area contributed by atoms with Gasteiger partial charge >= 0.3 is 12.0 Å². The Morgan fingerprint density at radius 3 is 2.70 bits per heavy atom. The standard InChI is InChI=1S/C16H23N3O4/c1-3-14-13(15(20)21)5-4-11(18-14)10-17-16(22)19(2)12-6-8-23-9-7-12/h4-5,12H,3,6-10H2,1-2H3,(H,17,22)(H,20,21). The first-order valence-electron chi connectivity index (χ1n) is 7.83. The van der Waals surface area contributed by atoms with E-state index in [0.717, 1.165) is 12.8 Å². The predicted octanol–water partition coefficient (Wildman–Crippen LogP) is 1.66. The number of nitrogens with zero attached hydrogens (tertiary/aromatic N) is 2. The van der Waals surface area contributed by atoms with Crippen LogP contribution in [0.1, 0.15) is 41.5 Å². The second kappa shape index (κ2) is 7.92. The quantitative estimate of drug-likeness (QED) is 0.860. The number of carboxylic acids is 1. The smallest absolute Gasteiger partial charge is 0.337 e. The third kappa shape index (κ3) is 4.41. The summed E-state index contributed by atoms with van der Waals surface area (Å²) in [4.78, 5) is 29.3. The molecule has 1 aliphatic heterocycles. The number of aryl methyl sites for hydroxylation is 1. The van der Waals surface area contributed by atoms with Crippen molar-refractivity contribution in [3.05, 3.63) is 29.1 Å². The maximum Gasteiger partial charge on any atom is 0.337 e. The topological polar surface area (TPSA) is 91.8 Å². The van der Waals surface area contributed by atoms with Gasteiger partial charge < -0.3 is 20.1 Å². The van der Waals surface area contributed by atoms with E-state index < -0.39 is 5.97 Å². The van der Waals surface area contributed by atoms with Gasteiger partial charge in [0.2, 0.25) is 0 Å². The van der Waals surface area contributed by atoms with Crippen molar-refractivity contribution in [2.75, 3.05) is 20.3 Å². The maximum absolute atomic E-state index is 12.2. The van der Waals surface area contributed by atoms with Crippen molar-refractivity contribution in [2.24, 2.45) is 0 Å². The first-order chi connectivity index (χ1) is 11.0. The minimum Gasteiger partial charge on any atom is -0.478 e. The Morgan fingerprint density at radius 2 is 2.09 bits per heavy atom. The molecule has 0 radical (unpaired) electrons. The van der Waals surface area contributed by atoms with Gasteiger partial charge in [0, 0.05) is 26.3 Å². The van der Waals surface area contributed by atoms with Gasteiger partial charge in [-0.15, -0.1) is 0 Å². The summed E-state index contributed by atoms with van der Waals surface area (Å²) in [5.41, 5.74) is 1.39. The highest BCUT2D eigenvalue weighted by Gasteiger charge is 2.22. The van der Waals surface area contributed by atoms with E-state index in [2.05, 4.69) is 10.3 Å². The van der Waals surface area contributed by atoms with Crippen LogP contribution in [0.4, 0.5) is 4.79 Å². The second-order valence-electron chi connectivity index (χ2n) is 5.57. The maximum atomic E-state index is 12.2. The number of pyridine rings is 1. The van der Waals surface area contributed by atoms with Gasteiger partial charge in [-0.1, -0.05) is 6.92 Å². The van der Waals surface area contributed by atoms with Gasteiger partial charge in [-0.2, -0.15) is 0 Å². The van der Waals surface area contributed by atoms with Crippen molar-refractivity contribution >= 4 is 12.0 Å². The number of rotatable bonds is 5. The molecule has 7 nitrogen and oxygen atoms in total. The van der Waals surface area contributed by atoms with Crippen LogP contribution in [0.25, 0.3) is 0 Å². The minimum absolute atomic E-state index is 0.154. The molecule has 2 rings (SSSR count). The van der Waals surface area contributed by atoms with Gasteiger partial charge in [0.15, 0.2) is 0 Å². The highest BCUT2D eigenvalue weighted by atomic mass is 16.5. The monoisotopic (exact) mass is 321 g/mol. The van der Waals surface area contributed by atoms with Crippen LogP contribution in [0.15, 0.2) is 12.1 Å². The third-order valence-electron chi connectivity index (χ3n) is 4.08. The average molecular weight is 321 g/mol. The highest BCUT2D eigenvalue weighted by molar-refractivity contribution is 5.88. The molecule has 0 unspecified atom stereocenters. The number of carboxylic acid groups (broad SMARTS) is 1. The molecule has 2 amide bonds. The van der Waals surface area contributed by atoms with E-state index in [-0.39, 0.29) is 24.2 Å². The normalized spacial score (nSPS) is 15.2. The molecular weight excluding hydrogens is 298 g/mol. The lowest BCUT2D eigenvalue weighted by atomic mass is 10.1. The fourth-order valence-electron chi connectivity index (χ4n) is 2.64. The largest absolute Gasteiger partial charge is 0.478 e. The Hall–Kier alpha value is -2.15. The Labute approximate surface area is 135 Å². The Morgan fingerprint density at radius 1 is 1.39 bits per heavy atom. The molecule has 1 aromatic rings. The Balaban J connectivity index is 1.94. The van der Waals surface area contributed by atoms with Gasteiger partial charge in [0.25, 0.3) is 0 Å². The number of aromatic carboxylic acids is 1. The molecule has 0 aliphatic carbocycles. The van der Waals surface area contributed by atoms with Crippen LogP contribution in [-0.4, -0.2) is 53.3 Å². The second-order valence-corrected chi connectivity index (χ2v) is 5.57. The van der Waals surface area contributed by atoms with Gasteiger partial charge in [-0.3, -0.25) is 4.98 Å². The SMILES string of the molecule is CCc1nc(CNC(=O)N(C)C2CCOCC2)ccc1C(=O)O. The number of urea groups is 1. The van der Waals surface area contributed by atoms with Crippen LogP contribution in [0.5, 0.6) is 0 Å². The molecule has 0 saturated carbocycles. The van der Waals surface area contributed by atoms with Gasteiger partial charge in [0.1, 0.15) is 0 Å². The summed E-state index contributed by atoms with van der Waals surface area (Å²) in [7, 11) is 1.78. The lowest BCUT2D eigenvalue weighted by molar-refractivity contribution is 0.0525. The summed E-state index contributed by atoms with van der Waals surface area (Å²) in [6.45, 7) is 3.50. The molecular formula is C16H23N3O4. The van der Waals surface area contributed by atoms with Crippen molar-refractivity contribution in [1.82, 2.24) is 15.2 Å². The molecule has 0 atom stereocenters. The van der Waals surface area contributed by atoms with Crippen LogP contribution < -0.4 is 5.32 Å². The molecule has 0 aromatic carbocycles. The molecule has 0 bridgehead atoms.